The SMILES string of the molecule is O=C(O)c1ccc2cc(C(=O)O)ccc2c1.[MgH2]. The van der Waals surface area contributed by atoms with Crippen molar-refractivity contribution in [2.45, 2.75) is 0 Å². The van der Waals surface area contributed by atoms with Crippen molar-refractivity contribution in [1.82, 2.24) is 0 Å². The van der Waals surface area contributed by atoms with Crippen molar-refractivity contribution in [3.05, 3.63) is 47.5 Å². The van der Waals surface area contributed by atoms with E-state index in [1.54, 1.807) is 12.1 Å². The molecule has 2 aromatic rings. The molecule has 0 aliphatic carbocycles. The first-order valence-electron chi connectivity index (χ1n) is 4.58. The van der Waals surface area contributed by atoms with Crippen molar-refractivity contribution < 1.29 is 19.8 Å². The number of hydrogen-bond donors (Lipinski definition) is 2. The molecule has 0 bridgehead atoms. The highest BCUT2D eigenvalue weighted by molar-refractivity contribution is 5.97. The third-order valence-corrected chi connectivity index (χ3v) is 2.33. The molecule has 0 aliphatic rings. The number of aromatic carboxylic acids is 2. The Labute approximate surface area is 113 Å². The Bertz CT molecular complexity index is 539. The van der Waals surface area contributed by atoms with E-state index in [-0.39, 0.29) is 34.2 Å². The lowest BCUT2D eigenvalue weighted by Gasteiger charge is -2.01. The predicted octanol–water partition coefficient (Wildman–Crippen LogP) is 1.32. The molecule has 0 spiro atoms. The van der Waals surface area contributed by atoms with Gasteiger partial charge in [-0.1, -0.05) is 12.1 Å². The van der Waals surface area contributed by atoms with Gasteiger partial charge in [-0.15, -0.1) is 0 Å². The van der Waals surface area contributed by atoms with Crippen LogP contribution in [0.25, 0.3) is 10.8 Å². The smallest absolute Gasteiger partial charge is 0.335 e. The first kappa shape index (κ1) is 13.5. The van der Waals surface area contributed by atoms with Crippen LogP contribution in [-0.4, -0.2) is 45.2 Å². The Hall–Kier alpha value is -1.59. The van der Waals surface area contributed by atoms with E-state index < -0.39 is 11.9 Å². The minimum Gasteiger partial charge on any atom is -0.478 e. The van der Waals surface area contributed by atoms with Crippen LogP contribution in [0.5, 0.6) is 0 Å². The van der Waals surface area contributed by atoms with E-state index in [1.807, 2.05) is 0 Å². The Balaban J connectivity index is 0.00000144. The van der Waals surface area contributed by atoms with E-state index >= 15 is 0 Å². The lowest BCUT2D eigenvalue weighted by molar-refractivity contribution is 0.0686. The molecular formula is C12H10MgO4. The van der Waals surface area contributed by atoms with Crippen LogP contribution in [0, 0.1) is 0 Å². The van der Waals surface area contributed by atoms with Crippen molar-refractivity contribution >= 4 is 45.8 Å². The minimum absolute atomic E-state index is 0. The van der Waals surface area contributed by atoms with Gasteiger partial charge in [-0.2, -0.15) is 0 Å². The van der Waals surface area contributed by atoms with Crippen LogP contribution >= 0.6 is 0 Å². The molecule has 17 heavy (non-hydrogen) atoms. The van der Waals surface area contributed by atoms with Crippen LogP contribution in [0.15, 0.2) is 36.4 Å². The van der Waals surface area contributed by atoms with Crippen LogP contribution < -0.4 is 0 Å². The molecular weight excluding hydrogens is 232 g/mol. The summed E-state index contributed by atoms with van der Waals surface area (Å²) in [6, 6.07) is 9.15. The molecule has 5 heteroatoms. The van der Waals surface area contributed by atoms with Crippen molar-refractivity contribution in [1.29, 1.82) is 0 Å². The molecule has 0 atom stereocenters. The first-order chi connectivity index (χ1) is 7.58. The maximum absolute atomic E-state index is 10.7. The van der Waals surface area contributed by atoms with Gasteiger partial charge in [0.25, 0.3) is 0 Å². The summed E-state index contributed by atoms with van der Waals surface area (Å²) in [5.41, 5.74) is 0.381. The van der Waals surface area contributed by atoms with E-state index in [9.17, 15) is 9.59 Å². The normalized spacial score (nSPS) is 9.65. The van der Waals surface area contributed by atoms with Gasteiger partial charge in [0.2, 0.25) is 0 Å². The van der Waals surface area contributed by atoms with Crippen molar-refractivity contribution in [3.63, 3.8) is 0 Å². The van der Waals surface area contributed by atoms with Crippen molar-refractivity contribution in [2.75, 3.05) is 0 Å². The lowest BCUT2D eigenvalue weighted by Crippen LogP contribution is -1.97. The molecule has 0 saturated heterocycles. The van der Waals surface area contributed by atoms with Gasteiger partial charge < -0.3 is 10.2 Å². The molecule has 84 valence electrons. The second kappa shape index (κ2) is 5.16. The molecule has 0 amide bonds. The average molecular weight is 243 g/mol. The third kappa shape index (κ3) is 2.75. The van der Waals surface area contributed by atoms with Gasteiger partial charge in [0, 0.05) is 0 Å². The molecule has 0 aromatic heterocycles. The third-order valence-electron chi connectivity index (χ3n) is 2.33. The van der Waals surface area contributed by atoms with Gasteiger partial charge in [-0.05, 0) is 35.0 Å². The zero-order valence-electron chi connectivity index (χ0n) is 8.18. The minimum atomic E-state index is -0.996. The zero-order chi connectivity index (χ0) is 11.7. The average Bonchev–Trinajstić information content (AvgIpc) is 2.27. The monoisotopic (exact) mass is 242 g/mol. The largest absolute Gasteiger partial charge is 0.478 e. The highest BCUT2D eigenvalue weighted by Gasteiger charge is 2.06. The fraction of sp³-hybridized carbons (Fsp3) is 0. The Morgan fingerprint density at radius 2 is 1.12 bits per heavy atom. The standard InChI is InChI=1S/C12H8O4.Mg.2H/c13-11(14)9-3-1-7-5-10(12(15)16)4-2-8(7)6-9;;;/h1-6H,(H,13,14)(H,15,16);;;. The molecule has 4 nitrogen and oxygen atoms in total. The lowest BCUT2D eigenvalue weighted by atomic mass is 10.0. The number of fused-ring (bicyclic) bond motifs is 1. The number of rotatable bonds is 2. The number of hydrogen-bond acceptors (Lipinski definition) is 2. The van der Waals surface area contributed by atoms with E-state index in [2.05, 4.69) is 0 Å². The van der Waals surface area contributed by atoms with Crippen LogP contribution in [0.3, 0.4) is 0 Å². The van der Waals surface area contributed by atoms with Gasteiger partial charge in [0.15, 0.2) is 0 Å². The molecule has 2 rings (SSSR count). The summed E-state index contributed by atoms with van der Waals surface area (Å²) in [6.45, 7) is 0. The van der Waals surface area contributed by atoms with Gasteiger partial charge in [-0.25, -0.2) is 9.59 Å². The summed E-state index contributed by atoms with van der Waals surface area (Å²) >= 11 is 0. The maximum atomic E-state index is 10.7. The van der Waals surface area contributed by atoms with Crippen LogP contribution in [0.2, 0.25) is 0 Å². The summed E-state index contributed by atoms with van der Waals surface area (Å²) in [5, 5.41) is 19.0. The van der Waals surface area contributed by atoms with Crippen LogP contribution in [0.1, 0.15) is 20.7 Å². The first-order valence-corrected chi connectivity index (χ1v) is 4.58. The Kier molecular flexibility index (Phi) is 4.09. The molecule has 0 radical (unpaired) electrons. The summed E-state index contributed by atoms with van der Waals surface area (Å²) in [7, 11) is 0. The Morgan fingerprint density at radius 1 is 0.765 bits per heavy atom. The fourth-order valence-electron chi connectivity index (χ4n) is 1.51. The van der Waals surface area contributed by atoms with E-state index in [0.717, 1.165) is 0 Å². The summed E-state index contributed by atoms with van der Waals surface area (Å²) in [5.74, 6) is -1.99. The second-order valence-electron chi connectivity index (χ2n) is 3.39. The second-order valence-corrected chi connectivity index (χ2v) is 3.39. The Morgan fingerprint density at radius 3 is 1.41 bits per heavy atom. The quantitative estimate of drug-likeness (QED) is 0.779. The molecule has 0 unspecified atom stereocenters. The van der Waals surface area contributed by atoms with Crippen LogP contribution in [-0.2, 0) is 0 Å². The topological polar surface area (TPSA) is 74.6 Å². The number of carbonyl (C=O) groups is 2. The zero-order valence-corrected chi connectivity index (χ0v) is 8.18. The van der Waals surface area contributed by atoms with Crippen LogP contribution in [0.4, 0.5) is 0 Å². The van der Waals surface area contributed by atoms with Crippen molar-refractivity contribution in [2.24, 2.45) is 0 Å². The molecule has 0 heterocycles. The predicted molar refractivity (Wildman–Crippen MR) is 66.4 cm³/mol. The van der Waals surface area contributed by atoms with Gasteiger partial charge in [-0.3, -0.25) is 0 Å². The van der Waals surface area contributed by atoms with E-state index in [0.29, 0.717) is 10.8 Å². The summed E-state index contributed by atoms with van der Waals surface area (Å²) in [4.78, 5) is 21.5. The highest BCUT2D eigenvalue weighted by atomic mass is 24.3. The molecule has 0 saturated carbocycles. The maximum Gasteiger partial charge on any atom is 0.335 e. The molecule has 2 N–H and O–H groups in total. The van der Waals surface area contributed by atoms with Gasteiger partial charge in [0.05, 0.1) is 11.1 Å². The fourth-order valence-corrected chi connectivity index (χ4v) is 1.51. The van der Waals surface area contributed by atoms with Gasteiger partial charge >= 0.3 is 35.0 Å². The highest BCUT2D eigenvalue weighted by Crippen LogP contribution is 2.18. The summed E-state index contributed by atoms with van der Waals surface area (Å²) in [6.07, 6.45) is 0. The number of carboxylic acids is 2. The van der Waals surface area contributed by atoms with E-state index in [1.165, 1.54) is 24.3 Å². The molecule has 0 fully saturated rings. The van der Waals surface area contributed by atoms with Gasteiger partial charge in [0.1, 0.15) is 0 Å². The molecule has 0 aliphatic heterocycles. The number of carboxylic acid groups (broad SMARTS) is 2. The van der Waals surface area contributed by atoms with E-state index in [4.69, 9.17) is 10.2 Å². The number of benzene rings is 2. The summed E-state index contributed by atoms with van der Waals surface area (Å²) < 4.78 is 0. The molecule has 2 aromatic carbocycles. The van der Waals surface area contributed by atoms with Crippen molar-refractivity contribution in [3.8, 4) is 0 Å².